The quantitative estimate of drug-likeness (QED) is 0.485. The Morgan fingerprint density at radius 1 is 1.39 bits per heavy atom. The first kappa shape index (κ1) is 17.2. The van der Waals surface area contributed by atoms with Crippen LogP contribution in [-0.4, -0.2) is 32.2 Å². The number of hydrogen-bond acceptors (Lipinski definition) is 3. The molecule has 0 aromatic rings. The fourth-order valence-corrected chi connectivity index (χ4v) is 2.70. The van der Waals surface area contributed by atoms with Crippen LogP contribution in [0.25, 0.3) is 0 Å². The number of halogens is 3. The Hall–Kier alpha value is -0.830. The number of alkyl halides is 3. The summed E-state index contributed by atoms with van der Waals surface area (Å²) >= 11 is 0. The predicted molar refractivity (Wildman–Crippen MR) is 62.8 cm³/mol. The number of hydrogen-bond donors (Lipinski definition) is 3. The van der Waals surface area contributed by atoms with Gasteiger partial charge in [0.05, 0.1) is 11.8 Å². The second-order valence-corrected chi connectivity index (χ2v) is 6.21. The van der Waals surface area contributed by atoms with Crippen LogP contribution in [0, 0.1) is 11.3 Å². The van der Waals surface area contributed by atoms with Gasteiger partial charge in [-0.15, -0.1) is 0 Å². The highest BCUT2D eigenvalue weighted by Crippen LogP contribution is 2.21. The van der Waals surface area contributed by atoms with Gasteiger partial charge in [0.25, 0.3) is 0 Å². The Labute approximate surface area is 104 Å². The van der Waals surface area contributed by atoms with E-state index in [1.54, 1.807) is 13.8 Å². The summed E-state index contributed by atoms with van der Waals surface area (Å²) in [5, 5.41) is 7.21. The molecule has 9 heteroatoms. The minimum Gasteiger partial charge on any atom is -0.386 e. The van der Waals surface area contributed by atoms with Gasteiger partial charge in [-0.2, -0.15) is 13.2 Å². The third-order valence-corrected chi connectivity index (χ3v) is 3.62. The zero-order chi connectivity index (χ0) is 14.6. The second kappa shape index (κ2) is 6.37. The van der Waals surface area contributed by atoms with Crippen LogP contribution in [-0.2, 0) is 10.0 Å². The van der Waals surface area contributed by atoms with E-state index >= 15 is 0 Å². The van der Waals surface area contributed by atoms with Crippen molar-refractivity contribution in [1.82, 2.24) is 4.72 Å². The van der Waals surface area contributed by atoms with Crippen LogP contribution in [0.2, 0.25) is 0 Å². The fourth-order valence-electron chi connectivity index (χ4n) is 1.27. The highest BCUT2D eigenvalue weighted by Gasteiger charge is 2.28. The molecule has 1 atom stereocenters. The molecule has 0 aliphatic rings. The summed E-state index contributed by atoms with van der Waals surface area (Å²) in [6, 6.07) is -0.888. The maximum absolute atomic E-state index is 11.9. The molecule has 0 radical (unpaired) electrons. The van der Waals surface area contributed by atoms with Gasteiger partial charge in [-0.1, -0.05) is 13.8 Å². The summed E-state index contributed by atoms with van der Waals surface area (Å²) in [6.45, 7) is 3.31. The van der Waals surface area contributed by atoms with Crippen molar-refractivity contribution in [2.75, 3.05) is 5.75 Å². The van der Waals surface area contributed by atoms with Gasteiger partial charge < -0.3 is 5.73 Å². The summed E-state index contributed by atoms with van der Waals surface area (Å²) in [7, 11) is -3.86. The highest BCUT2D eigenvalue weighted by atomic mass is 32.2. The van der Waals surface area contributed by atoms with Crippen molar-refractivity contribution in [3.8, 4) is 0 Å². The summed E-state index contributed by atoms with van der Waals surface area (Å²) in [4.78, 5) is 0. The van der Waals surface area contributed by atoms with Gasteiger partial charge in [0.15, 0.2) is 0 Å². The lowest BCUT2D eigenvalue weighted by molar-refractivity contribution is -0.134. The van der Waals surface area contributed by atoms with Crippen LogP contribution < -0.4 is 10.5 Å². The topological polar surface area (TPSA) is 96.0 Å². The number of sulfonamides is 1. The van der Waals surface area contributed by atoms with Crippen molar-refractivity contribution < 1.29 is 21.6 Å². The van der Waals surface area contributed by atoms with Gasteiger partial charge in [-0.05, 0) is 12.3 Å². The smallest absolute Gasteiger partial charge is 0.386 e. The third kappa shape index (κ3) is 7.49. The minimum atomic E-state index is -4.37. The molecule has 0 bridgehead atoms. The van der Waals surface area contributed by atoms with Crippen LogP contribution in [0.5, 0.6) is 0 Å². The van der Waals surface area contributed by atoms with Crippen LogP contribution >= 0.6 is 0 Å². The number of amidine groups is 1. The molecule has 0 saturated carbocycles. The lowest BCUT2D eigenvalue weighted by Crippen LogP contribution is -2.48. The molecule has 18 heavy (non-hydrogen) atoms. The van der Waals surface area contributed by atoms with Crippen molar-refractivity contribution >= 4 is 15.9 Å². The molecule has 0 spiro atoms. The molecule has 0 aromatic heterocycles. The van der Waals surface area contributed by atoms with Crippen LogP contribution in [0.1, 0.15) is 26.7 Å². The number of rotatable bonds is 7. The van der Waals surface area contributed by atoms with Gasteiger partial charge in [-0.3, -0.25) is 5.41 Å². The molecule has 0 heterocycles. The third-order valence-electron chi connectivity index (χ3n) is 2.18. The summed E-state index contributed by atoms with van der Waals surface area (Å²) < 4.78 is 60.8. The first-order valence-electron chi connectivity index (χ1n) is 5.35. The van der Waals surface area contributed by atoms with E-state index in [1.165, 1.54) is 0 Å². The lowest BCUT2D eigenvalue weighted by atomic mass is 10.1. The van der Waals surface area contributed by atoms with Crippen molar-refractivity contribution in [1.29, 1.82) is 5.41 Å². The molecule has 0 rings (SSSR count). The summed E-state index contributed by atoms with van der Waals surface area (Å²) in [5.41, 5.74) is 5.22. The van der Waals surface area contributed by atoms with Crippen molar-refractivity contribution in [2.24, 2.45) is 11.7 Å². The molecule has 0 saturated heterocycles. The van der Waals surface area contributed by atoms with Crippen LogP contribution in [0.15, 0.2) is 0 Å². The number of nitrogens with one attached hydrogen (secondary N) is 2. The molecule has 0 aliphatic carbocycles. The van der Waals surface area contributed by atoms with Gasteiger partial charge in [-0.25, -0.2) is 13.1 Å². The standard InChI is InChI=1S/C9H18F3N3O2S/c1-6(2)7(8(13)14)15-18(16,17)5-3-4-9(10,11)12/h6-7,15H,3-5H2,1-2H3,(H3,13,14). The van der Waals surface area contributed by atoms with Gasteiger partial charge >= 0.3 is 6.18 Å². The Balaban J connectivity index is 4.43. The van der Waals surface area contributed by atoms with Crippen LogP contribution in [0.3, 0.4) is 0 Å². The molecule has 0 aromatic carbocycles. The molecule has 0 fully saturated rings. The maximum atomic E-state index is 11.9. The van der Waals surface area contributed by atoms with Gasteiger partial charge in [0.1, 0.15) is 5.84 Å². The fraction of sp³-hybridized carbons (Fsp3) is 0.889. The molecule has 0 aliphatic heterocycles. The first-order valence-corrected chi connectivity index (χ1v) is 7.00. The first-order chi connectivity index (χ1) is 7.94. The average Bonchev–Trinajstić information content (AvgIpc) is 2.10. The normalized spacial score (nSPS) is 14.8. The molecule has 4 N–H and O–H groups in total. The summed E-state index contributed by atoms with van der Waals surface area (Å²) in [6.07, 6.45) is -6.03. The minimum absolute atomic E-state index is 0.250. The van der Waals surface area contributed by atoms with Gasteiger partial charge in [0, 0.05) is 6.42 Å². The SMILES string of the molecule is CC(C)C(NS(=O)(=O)CCCC(F)(F)F)C(=N)N. The van der Waals surface area contributed by atoms with E-state index in [1.807, 2.05) is 0 Å². The Kier molecular flexibility index (Phi) is 6.08. The lowest BCUT2D eigenvalue weighted by Gasteiger charge is -2.20. The molecule has 0 amide bonds. The highest BCUT2D eigenvalue weighted by molar-refractivity contribution is 7.89. The van der Waals surface area contributed by atoms with E-state index in [2.05, 4.69) is 4.72 Å². The monoisotopic (exact) mass is 289 g/mol. The Bertz CT molecular complexity index is 379. The van der Waals surface area contributed by atoms with E-state index < -0.39 is 40.8 Å². The predicted octanol–water partition coefficient (Wildman–Crippen LogP) is 1.21. The Morgan fingerprint density at radius 3 is 2.22 bits per heavy atom. The molecular formula is C9H18F3N3O2S. The molecule has 1 unspecified atom stereocenters. The maximum Gasteiger partial charge on any atom is 0.389 e. The zero-order valence-electron chi connectivity index (χ0n) is 10.2. The molecular weight excluding hydrogens is 271 g/mol. The van der Waals surface area contributed by atoms with E-state index in [9.17, 15) is 21.6 Å². The van der Waals surface area contributed by atoms with E-state index in [-0.39, 0.29) is 11.8 Å². The van der Waals surface area contributed by atoms with E-state index in [0.29, 0.717) is 0 Å². The van der Waals surface area contributed by atoms with Crippen LogP contribution in [0.4, 0.5) is 13.2 Å². The second-order valence-electron chi connectivity index (χ2n) is 4.33. The van der Waals surface area contributed by atoms with Crippen molar-refractivity contribution in [3.05, 3.63) is 0 Å². The number of nitrogens with two attached hydrogens (primary N) is 1. The van der Waals surface area contributed by atoms with Crippen molar-refractivity contribution in [3.63, 3.8) is 0 Å². The average molecular weight is 289 g/mol. The largest absolute Gasteiger partial charge is 0.389 e. The van der Waals surface area contributed by atoms with Crippen molar-refractivity contribution in [2.45, 2.75) is 38.9 Å². The molecule has 5 nitrogen and oxygen atoms in total. The Morgan fingerprint density at radius 2 is 1.89 bits per heavy atom. The van der Waals surface area contributed by atoms with Gasteiger partial charge in [0.2, 0.25) is 10.0 Å². The zero-order valence-corrected chi connectivity index (χ0v) is 11.0. The van der Waals surface area contributed by atoms with E-state index in [0.717, 1.165) is 0 Å². The van der Waals surface area contributed by atoms with E-state index in [4.69, 9.17) is 11.1 Å². The molecule has 108 valence electrons. The summed E-state index contributed by atoms with van der Waals surface area (Å²) in [5.74, 6) is -1.24.